The Morgan fingerprint density at radius 1 is 1.50 bits per heavy atom. The van der Waals surface area contributed by atoms with E-state index in [2.05, 4.69) is 15.1 Å². The number of nitrogens with zero attached hydrogens (tertiary/aromatic N) is 2. The number of carbonyl (C=O) groups is 1. The van der Waals surface area contributed by atoms with Gasteiger partial charge in [-0.25, -0.2) is 0 Å². The standard InChI is InChI=1S/C15H24N4O/c1-10-14(11(2)18-17-10)12-4-3-7-19(12)13(20)8-15(9-16)5-6-15/h12H,3-9,16H2,1-2H3,(H,17,18). The molecule has 1 aromatic rings. The van der Waals surface area contributed by atoms with E-state index in [0.29, 0.717) is 13.0 Å². The minimum Gasteiger partial charge on any atom is -0.336 e. The lowest BCUT2D eigenvalue weighted by atomic mass is 9.99. The maximum absolute atomic E-state index is 12.6. The molecule has 20 heavy (non-hydrogen) atoms. The molecule has 0 aromatic carbocycles. The summed E-state index contributed by atoms with van der Waals surface area (Å²) in [7, 11) is 0. The number of amides is 1. The molecule has 1 unspecified atom stereocenters. The zero-order valence-corrected chi connectivity index (χ0v) is 12.4. The van der Waals surface area contributed by atoms with Gasteiger partial charge in [0.15, 0.2) is 0 Å². The molecule has 0 radical (unpaired) electrons. The highest BCUT2D eigenvalue weighted by molar-refractivity contribution is 5.78. The van der Waals surface area contributed by atoms with Crippen LogP contribution < -0.4 is 5.73 Å². The molecule has 1 saturated heterocycles. The van der Waals surface area contributed by atoms with Gasteiger partial charge in [0.05, 0.1) is 11.7 Å². The Kier molecular flexibility index (Phi) is 3.32. The molecule has 3 rings (SSSR count). The predicted octanol–water partition coefficient (Wildman–Crippen LogP) is 1.82. The van der Waals surface area contributed by atoms with Crippen LogP contribution in [0.15, 0.2) is 0 Å². The molecule has 2 heterocycles. The Labute approximate surface area is 119 Å². The minimum absolute atomic E-state index is 0.116. The highest BCUT2D eigenvalue weighted by Gasteiger charge is 2.45. The van der Waals surface area contributed by atoms with Gasteiger partial charge in [-0.2, -0.15) is 5.10 Å². The second-order valence-electron chi connectivity index (χ2n) is 6.47. The number of nitrogens with one attached hydrogen (secondary N) is 1. The molecule has 1 aromatic heterocycles. The summed E-state index contributed by atoms with van der Waals surface area (Å²) in [5.41, 5.74) is 9.25. The third kappa shape index (κ3) is 2.24. The SMILES string of the molecule is Cc1n[nH]c(C)c1C1CCCN1C(=O)CC1(CN)CC1. The van der Waals surface area contributed by atoms with Crippen LogP contribution in [0.3, 0.4) is 0 Å². The molecule has 1 aliphatic carbocycles. The van der Waals surface area contributed by atoms with Gasteiger partial charge in [0.2, 0.25) is 5.91 Å². The van der Waals surface area contributed by atoms with Crippen molar-refractivity contribution < 1.29 is 4.79 Å². The maximum Gasteiger partial charge on any atom is 0.223 e. The first-order valence-corrected chi connectivity index (χ1v) is 7.57. The van der Waals surface area contributed by atoms with Crippen LogP contribution in [0.5, 0.6) is 0 Å². The molecule has 5 heteroatoms. The summed E-state index contributed by atoms with van der Waals surface area (Å²) in [5.74, 6) is 0.274. The number of H-pyrrole nitrogens is 1. The van der Waals surface area contributed by atoms with Gasteiger partial charge in [-0.1, -0.05) is 0 Å². The summed E-state index contributed by atoms with van der Waals surface area (Å²) in [6.07, 6.45) is 4.96. The quantitative estimate of drug-likeness (QED) is 0.880. The van der Waals surface area contributed by atoms with E-state index in [1.165, 1.54) is 5.56 Å². The lowest BCUT2D eigenvalue weighted by molar-refractivity contribution is -0.133. The maximum atomic E-state index is 12.6. The number of rotatable bonds is 4. The molecular formula is C15H24N4O. The van der Waals surface area contributed by atoms with Crippen molar-refractivity contribution in [1.82, 2.24) is 15.1 Å². The molecule has 1 atom stereocenters. The van der Waals surface area contributed by atoms with Crippen LogP contribution in [0.4, 0.5) is 0 Å². The number of aryl methyl sites for hydroxylation is 2. The largest absolute Gasteiger partial charge is 0.336 e. The number of nitrogens with two attached hydrogens (primary N) is 1. The van der Waals surface area contributed by atoms with Crippen LogP contribution in [0.25, 0.3) is 0 Å². The first-order valence-electron chi connectivity index (χ1n) is 7.57. The van der Waals surface area contributed by atoms with Crippen molar-refractivity contribution in [3.63, 3.8) is 0 Å². The smallest absolute Gasteiger partial charge is 0.223 e. The van der Waals surface area contributed by atoms with Crippen molar-refractivity contribution in [1.29, 1.82) is 0 Å². The van der Waals surface area contributed by atoms with Gasteiger partial charge in [-0.15, -0.1) is 0 Å². The summed E-state index contributed by atoms with van der Waals surface area (Å²) in [6.45, 7) is 5.57. The van der Waals surface area contributed by atoms with Gasteiger partial charge in [-0.05, 0) is 51.5 Å². The fraction of sp³-hybridized carbons (Fsp3) is 0.733. The molecule has 0 spiro atoms. The molecular weight excluding hydrogens is 252 g/mol. The van der Waals surface area contributed by atoms with Gasteiger partial charge >= 0.3 is 0 Å². The average Bonchev–Trinajstić information content (AvgIpc) is 2.88. The van der Waals surface area contributed by atoms with Crippen molar-refractivity contribution in [2.75, 3.05) is 13.1 Å². The molecule has 2 fully saturated rings. The fourth-order valence-electron chi connectivity index (χ4n) is 3.47. The lowest BCUT2D eigenvalue weighted by Gasteiger charge is -2.27. The Balaban J connectivity index is 1.77. The van der Waals surface area contributed by atoms with Gasteiger partial charge in [0.1, 0.15) is 0 Å². The first-order chi connectivity index (χ1) is 9.56. The normalized spacial score (nSPS) is 24.1. The second kappa shape index (κ2) is 4.88. The van der Waals surface area contributed by atoms with Crippen LogP contribution in [0.2, 0.25) is 0 Å². The summed E-state index contributed by atoms with van der Waals surface area (Å²) in [4.78, 5) is 14.7. The van der Waals surface area contributed by atoms with Crippen LogP contribution in [-0.2, 0) is 4.79 Å². The molecule has 2 aliphatic rings. The van der Waals surface area contributed by atoms with E-state index in [4.69, 9.17) is 5.73 Å². The van der Waals surface area contributed by atoms with Crippen molar-refractivity contribution in [3.8, 4) is 0 Å². The van der Waals surface area contributed by atoms with Crippen molar-refractivity contribution >= 4 is 5.91 Å². The van der Waals surface area contributed by atoms with Gasteiger partial charge in [0, 0.05) is 24.2 Å². The highest BCUT2D eigenvalue weighted by atomic mass is 16.2. The lowest BCUT2D eigenvalue weighted by Crippen LogP contribution is -2.34. The molecule has 0 bridgehead atoms. The van der Waals surface area contributed by atoms with E-state index in [-0.39, 0.29) is 17.4 Å². The van der Waals surface area contributed by atoms with Crippen molar-refractivity contribution in [3.05, 3.63) is 17.0 Å². The molecule has 1 aliphatic heterocycles. The van der Waals surface area contributed by atoms with E-state index >= 15 is 0 Å². The molecule has 1 amide bonds. The average molecular weight is 276 g/mol. The van der Waals surface area contributed by atoms with Crippen LogP contribution in [0, 0.1) is 19.3 Å². The van der Waals surface area contributed by atoms with Gasteiger partial charge < -0.3 is 10.6 Å². The Morgan fingerprint density at radius 2 is 2.25 bits per heavy atom. The van der Waals surface area contributed by atoms with Crippen LogP contribution in [-0.4, -0.2) is 34.1 Å². The predicted molar refractivity (Wildman–Crippen MR) is 77.1 cm³/mol. The zero-order chi connectivity index (χ0) is 14.3. The van der Waals surface area contributed by atoms with E-state index in [1.807, 2.05) is 13.8 Å². The molecule has 1 saturated carbocycles. The Morgan fingerprint density at radius 3 is 2.80 bits per heavy atom. The van der Waals surface area contributed by atoms with Gasteiger partial charge in [-0.3, -0.25) is 9.89 Å². The number of aromatic amines is 1. The Bertz CT molecular complexity index is 498. The fourth-order valence-corrected chi connectivity index (χ4v) is 3.47. The molecule has 3 N–H and O–H groups in total. The summed E-state index contributed by atoms with van der Waals surface area (Å²) < 4.78 is 0. The number of hydrogen-bond donors (Lipinski definition) is 2. The van der Waals surface area contributed by atoms with Crippen molar-refractivity contribution in [2.24, 2.45) is 11.1 Å². The third-order valence-electron chi connectivity index (χ3n) is 5.01. The topological polar surface area (TPSA) is 75.0 Å². The number of carbonyl (C=O) groups excluding carboxylic acids is 1. The number of aromatic nitrogens is 2. The van der Waals surface area contributed by atoms with Crippen LogP contribution >= 0.6 is 0 Å². The van der Waals surface area contributed by atoms with Crippen molar-refractivity contribution in [2.45, 2.75) is 52.0 Å². The minimum atomic E-state index is 0.116. The second-order valence-corrected chi connectivity index (χ2v) is 6.47. The summed E-state index contributed by atoms with van der Waals surface area (Å²) in [6, 6.07) is 0.204. The van der Waals surface area contributed by atoms with E-state index in [0.717, 1.165) is 43.6 Å². The summed E-state index contributed by atoms with van der Waals surface area (Å²) in [5, 5.41) is 7.31. The molecule has 5 nitrogen and oxygen atoms in total. The van der Waals surface area contributed by atoms with Crippen LogP contribution in [0.1, 0.15) is 55.1 Å². The molecule has 110 valence electrons. The van der Waals surface area contributed by atoms with E-state index < -0.39 is 0 Å². The zero-order valence-electron chi connectivity index (χ0n) is 12.4. The monoisotopic (exact) mass is 276 g/mol. The third-order valence-corrected chi connectivity index (χ3v) is 5.01. The van der Waals surface area contributed by atoms with E-state index in [1.54, 1.807) is 0 Å². The Hall–Kier alpha value is -1.36. The van der Waals surface area contributed by atoms with E-state index in [9.17, 15) is 4.79 Å². The highest BCUT2D eigenvalue weighted by Crippen LogP contribution is 2.49. The summed E-state index contributed by atoms with van der Waals surface area (Å²) >= 11 is 0. The first kappa shape index (κ1) is 13.6. The van der Waals surface area contributed by atoms with Gasteiger partial charge in [0.25, 0.3) is 0 Å². The number of likely N-dealkylation sites (tertiary alicyclic amines) is 1. The number of hydrogen-bond acceptors (Lipinski definition) is 3.